The monoisotopic (exact) mass is 388 g/mol. The lowest BCUT2D eigenvalue weighted by atomic mass is 10.1. The van der Waals surface area contributed by atoms with Gasteiger partial charge in [-0.2, -0.15) is 0 Å². The van der Waals surface area contributed by atoms with Gasteiger partial charge in [0.1, 0.15) is 0 Å². The number of hydrogen-bond donors (Lipinski definition) is 1. The summed E-state index contributed by atoms with van der Waals surface area (Å²) in [5, 5.41) is 10.9. The van der Waals surface area contributed by atoms with Crippen LogP contribution in [0.2, 0.25) is 0 Å². The van der Waals surface area contributed by atoms with E-state index < -0.39 is 5.97 Å². The summed E-state index contributed by atoms with van der Waals surface area (Å²) in [6.45, 7) is 1.31. The molecule has 0 saturated carbocycles. The fourth-order valence-corrected chi connectivity index (χ4v) is 3.45. The second-order valence-electron chi connectivity index (χ2n) is 6.08. The van der Waals surface area contributed by atoms with E-state index in [9.17, 15) is 14.4 Å². The number of benzene rings is 1. The Morgan fingerprint density at radius 1 is 1.00 bits per heavy atom. The zero-order valence-corrected chi connectivity index (χ0v) is 15.5. The maximum absolute atomic E-state index is 12.3. The van der Waals surface area contributed by atoms with Crippen molar-refractivity contribution >= 4 is 29.1 Å². The highest BCUT2D eigenvalue weighted by atomic mass is 32.1. The number of hydrogen-bond acceptors (Lipinski definition) is 6. The van der Waals surface area contributed by atoms with Crippen molar-refractivity contribution in [2.75, 3.05) is 32.8 Å². The zero-order chi connectivity index (χ0) is 19.2. The average molecular weight is 388 g/mol. The summed E-state index contributed by atoms with van der Waals surface area (Å²) in [4.78, 5) is 40.6. The van der Waals surface area contributed by atoms with Crippen LogP contribution in [0, 0.1) is 0 Å². The molecule has 1 aromatic carbocycles. The molecule has 1 N–H and O–H groups in total. The van der Waals surface area contributed by atoms with Crippen molar-refractivity contribution in [2.24, 2.45) is 0 Å². The molecule has 3 rings (SSSR count). The van der Waals surface area contributed by atoms with Gasteiger partial charge >= 0.3 is 5.97 Å². The molecule has 27 heavy (non-hydrogen) atoms. The van der Waals surface area contributed by atoms with E-state index in [0.717, 1.165) is 0 Å². The summed E-state index contributed by atoms with van der Waals surface area (Å²) < 4.78 is 5.08. The highest BCUT2D eigenvalue weighted by Crippen LogP contribution is 2.14. The highest BCUT2D eigenvalue weighted by Gasteiger charge is 2.25. The predicted octanol–water partition coefficient (Wildman–Crippen LogP) is 1.38. The molecule has 0 atom stereocenters. The second-order valence-corrected chi connectivity index (χ2v) is 7.03. The Hall–Kier alpha value is -2.71. The largest absolute Gasteiger partial charge is 0.452 e. The lowest BCUT2D eigenvalue weighted by Crippen LogP contribution is -2.51. The number of esters is 1. The number of aliphatic hydroxyl groups is 1. The lowest BCUT2D eigenvalue weighted by Gasteiger charge is -2.34. The minimum Gasteiger partial charge on any atom is -0.452 e. The summed E-state index contributed by atoms with van der Waals surface area (Å²) in [5.74, 6) is -0.882. The number of carbonyl (C=O) groups is 3. The molecule has 142 valence electrons. The summed E-state index contributed by atoms with van der Waals surface area (Å²) in [5.41, 5.74) is 1.02. The van der Waals surface area contributed by atoms with Crippen LogP contribution in [0.1, 0.15) is 25.6 Å². The van der Waals surface area contributed by atoms with Crippen molar-refractivity contribution in [1.29, 1.82) is 0 Å². The van der Waals surface area contributed by atoms with Gasteiger partial charge in [-0.1, -0.05) is 18.2 Å². The third-order valence-electron chi connectivity index (χ3n) is 4.35. The Balaban J connectivity index is 1.45. The van der Waals surface area contributed by atoms with E-state index in [1.165, 1.54) is 11.3 Å². The summed E-state index contributed by atoms with van der Waals surface area (Å²) in [7, 11) is 0. The van der Waals surface area contributed by atoms with Gasteiger partial charge in [0.25, 0.3) is 11.8 Å². The summed E-state index contributed by atoms with van der Waals surface area (Å²) in [6, 6.07) is 9.98. The standard InChI is InChI=1S/C19H20N2O5S/c22-12-14-3-5-15(6-4-14)19(25)26-13-17(23)20-7-9-21(10-8-20)18(24)16-2-1-11-27-16/h1-6,11,22H,7-10,12-13H2. The molecule has 1 fully saturated rings. The van der Waals surface area contributed by atoms with Gasteiger partial charge < -0.3 is 19.6 Å². The van der Waals surface area contributed by atoms with Gasteiger partial charge in [0.05, 0.1) is 17.0 Å². The van der Waals surface area contributed by atoms with Gasteiger partial charge in [-0.25, -0.2) is 4.79 Å². The first-order chi connectivity index (χ1) is 13.1. The molecule has 0 aliphatic carbocycles. The molecule has 2 aromatic rings. The third kappa shape index (κ3) is 4.72. The van der Waals surface area contributed by atoms with Crippen molar-refractivity contribution in [3.05, 3.63) is 57.8 Å². The summed E-state index contributed by atoms with van der Waals surface area (Å²) >= 11 is 1.40. The molecule has 1 aliphatic rings. The quantitative estimate of drug-likeness (QED) is 0.782. The van der Waals surface area contributed by atoms with Crippen molar-refractivity contribution in [3.8, 4) is 0 Å². The van der Waals surface area contributed by atoms with Gasteiger partial charge in [-0.05, 0) is 29.1 Å². The van der Waals surface area contributed by atoms with Crippen LogP contribution >= 0.6 is 11.3 Å². The van der Waals surface area contributed by atoms with Crippen LogP contribution in [-0.2, 0) is 16.1 Å². The fraction of sp³-hybridized carbons (Fsp3) is 0.316. The Morgan fingerprint density at radius 3 is 2.26 bits per heavy atom. The number of thiophene rings is 1. The number of ether oxygens (including phenoxy) is 1. The molecular weight excluding hydrogens is 368 g/mol. The van der Waals surface area contributed by atoms with Crippen molar-refractivity contribution in [2.45, 2.75) is 6.61 Å². The number of carbonyl (C=O) groups excluding carboxylic acids is 3. The molecule has 8 heteroatoms. The van der Waals surface area contributed by atoms with Crippen molar-refractivity contribution < 1.29 is 24.2 Å². The van der Waals surface area contributed by atoms with Crippen LogP contribution in [0.15, 0.2) is 41.8 Å². The molecule has 0 unspecified atom stereocenters. The SMILES string of the molecule is O=C(OCC(=O)N1CCN(C(=O)c2cccs2)CC1)c1ccc(CO)cc1. The minimum absolute atomic E-state index is 0.0187. The number of piperazine rings is 1. The lowest BCUT2D eigenvalue weighted by molar-refractivity contribution is -0.136. The average Bonchev–Trinajstić information content (AvgIpc) is 3.26. The van der Waals surface area contributed by atoms with E-state index >= 15 is 0 Å². The normalized spacial score (nSPS) is 14.1. The smallest absolute Gasteiger partial charge is 0.338 e. The molecule has 1 aromatic heterocycles. The van der Waals surface area contributed by atoms with E-state index in [4.69, 9.17) is 9.84 Å². The van der Waals surface area contributed by atoms with E-state index in [-0.39, 0.29) is 25.0 Å². The van der Waals surface area contributed by atoms with Crippen molar-refractivity contribution in [3.63, 3.8) is 0 Å². The van der Waals surface area contributed by atoms with E-state index in [1.807, 2.05) is 11.4 Å². The second kappa shape index (κ2) is 8.79. The van der Waals surface area contributed by atoms with Crippen LogP contribution in [0.25, 0.3) is 0 Å². The Labute approximate surface area is 160 Å². The van der Waals surface area contributed by atoms with Gasteiger partial charge in [0.2, 0.25) is 0 Å². The van der Waals surface area contributed by atoms with Gasteiger partial charge in [-0.15, -0.1) is 11.3 Å². The molecular formula is C19H20N2O5S. The first-order valence-corrected chi connectivity index (χ1v) is 9.44. The number of rotatable bonds is 5. The van der Waals surface area contributed by atoms with E-state index in [2.05, 4.69) is 0 Å². The van der Waals surface area contributed by atoms with E-state index in [0.29, 0.717) is 42.2 Å². The molecule has 1 saturated heterocycles. The van der Waals surface area contributed by atoms with Crippen LogP contribution in [0.5, 0.6) is 0 Å². The molecule has 0 bridgehead atoms. The Morgan fingerprint density at radius 2 is 1.67 bits per heavy atom. The van der Waals surface area contributed by atoms with Crippen LogP contribution < -0.4 is 0 Å². The van der Waals surface area contributed by atoms with Gasteiger partial charge in [0.15, 0.2) is 6.61 Å². The van der Waals surface area contributed by atoms with Crippen LogP contribution in [0.3, 0.4) is 0 Å². The molecule has 2 amide bonds. The number of amides is 2. The van der Waals surface area contributed by atoms with Crippen molar-refractivity contribution in [1.82, 2.24) is 9.80 Å². The molecule has 1 aliphatic heterocycles. The highest BCUT2D eigenvalue weighted by molar-refractivity contribution is 7.12. The topological polar surface area (TPSA) is 87.2 Å². The molecule has 7 nitrogen and oxygen atoms in total. The minimum atomic E-state index is -0.584. The van der Waals surface area contributed by atoms with Crippen LogP contribution in [-0.4, -0.2) is 65.5 Å². The van der Waals surface area contributed by atoms with Crippen LogP contribution in [0.4, 0.5) is 0 Å². The zero-order valence-electron chi connectivity index (χ0n) is 14.7. The fourth-order valence-electron chi connectivity index (χ4n) is 2.76. The predicted molar refractivity (Wildman–Crippen MR) is 99.4 cm³/mol. The molecule has 2 heterocycles. The van der Waals surface area contributed by atoms with Gasteiger partial charge in [0, 0.05) is 26.2 Å². The number of aliphatic hydroxyl groups excluding tert-OH is 1. The first-order valence-electron chi connectivity index (χ1n) is 8.56. The third-order valence-corrected chi connectivity index (χ3v) is 5.21. The Kier molecular flexibility index (Phi) is 6.20. The van der Waals surface area contributed by atoms with Gasteiger partial charge in [-0.3, -0.25) is 9.59 Å². The summed E-state index contributed by atoms with van der Waals surface area (Å²) in [6.07, 6.45) is 0. The maximum Gasteiger partial charge on any atom is 0.338 e. The first kappa shape index (κ1) is 19.1. The molecule has 0 spiro atoms. The molecule has 0 radical (unpaired) electrons. The maximum atomic E-state index is 12.3. The Bertz CT molecular complexity index is 796. The van der Waals surface area contributed by atoms with E-state index in [1.54, 1.807) is 40.1 Å². The number of nitrogens with zero attached hydrogens (tertiary/aromatic N) is 2.